The van der Waals surface area contributed by atoms with E-state index in [-0.39, 0.29) is 23.6 Å². The molecule has 5 heteroatoms. The van der Waals surface area contributed by atoms with Crippen LogP contribution in [0.15, 0.2) is 12.1 Å². The second-order valence-electron chi connectivity index (χ2n) is 4.18. The van der Waals surface area contributed by atoms with Crippen LogP contribution in [0, 0.1) is 0 Å². The lowest BCUT2D eigenvalue weighted by atomic mass is 9.93. The van der Waals surface area contributed by atoms with Crippen molar-refractivity contribution < 1.29 is 15.0 Å². The van der Waals surface area contributed by atoms with Crippen molar-refractivity contribution in [1.29, 1.82) is 0 Å². The van der Waals surface area contributed by atoms with Gasteiger partial charge in [-0.15, -0.1) is 0 Å². The van der Waals surface area contributed by atoms with Gasteiger partial charge in [0.1, 0.15) is 0 Å². The molecule has 84 valence electrons. The SMILES string of the molecule is O=C1NCC2c3cc(O)c(O)cc3CCN12. The molecule has 5 nitrogen and oxygen atoms in total. The number of nitrogens with zero attached hydrogens (tertiary/aromatic N) is 1. The molecule has 3 N–H and O–H groups in total. The van der Waals surface area contributed by atoms with Crippen LogP contribution < -0.4 is 5.32 Å². The van der Waals surface area contributed by atoms with Crippen molar-refractivity contribution in [1.82, 2.24) is 10.2 Å². The topological polar surface area (TPSA) is 72.8 Å². The fourth-order valence-corrected chi connectivity index (χ4v) is 2.48. The van der Waals surface area contributed by atoms with Gasteiger partial charge in [-0.2, -0.15) is 0 Å². The van der Waals surface area contributed by atoms with Crippen LogP contribution in [0.5, 0.6) is 11.5 Å². The van der Waals surface area contributed by atoms with Gasteiger partial charge in [-0.1, -0.05) is 0 Å². The van der Waals surface area contributed by atoms with E-state index >= 15 is 0 Å². The summed E-state index contributed by atoms with van der Waals surface area (Å²) in [5, 5.41) is 21.7. The lowest BCUT2D eigenvalue weighted by Crippen LogP contribution is -2.35. The van der Waals surface area contributed by atoms with Crippen LogP contribution in [0.1, 0.15) is 17.2 Å². The van der Waals surface area contributed by atoms with Crippen LogP contribution in [0.4, 0.5) is 4.79 Å². The minimum absolute atomic E-state index is 0.0113. The fourth-order valence-electron chi connectivity index (χ4n) is 2.48. The summed E-state index contributed by atoms with van der Waals surface area (Å²) in [4.78, 5) is 13.2. The molecular weight excluding hydrogens is 208 g/mol. The van der Waals surface area contributed by atoms with Gasteiger partial charge in [0.2, 0.25) is 0 Å². The fraction of sp³-hybridized carbons (Fsp3) is 0.364. The second kappa shape index (κ2) is 3.04. The molecule has 3 rings (SSSR count). The van der Waals surface area contributed by atoms with Gasteiger partial charge in [0, 0.05) is 13.1 Å². The van der Waals surface area contributed by atoms with E-state index in [9.17, 15) is 15.0 Å². The first-order valence-electron chi connectivity index (χ1n) is 5.26. The van der Waals surface area contributed by atoms with Crippen molar-refractivity contribution in [2.24, 2.45) is 0 Å². The van der Waals surface area contributed by atoms with Crippen molar-refractivity contribution in [3.8, 4) is 11.5 Å². The van der Waals surface area contributed by atoms with Gasteiger partial charge in [0.25, 0.3) is 0 Å². The number of hydrogen-bond donors (Lipinski definition) is 3. The summed E-state index contributed by atoms with van der Waals surface area (Å²) in [6.07, 6.45) is 0.715. The zero-order chi connectivity index (χ0) is 11.3. The molecule has 0 spiro atoms. The molecule has 1 atom stereocenters. The maximum atomic E-state index is 11.5. The number of amides is 2. The Morgan fingerprint density at radius 3 is 2.88 bits per heavy atom. The number of rotatable bonds is 0. The summed E-state index contributed by atoms with van der Waals surface area (Å²) in [5.74, 6) is -0.218. The number of urea groups is 1. The van der Waals surface area contributed by atoms with Crippen molar-refractivity contribution in [2.45, 2.75) is 12.5 Å². The Hall–Kier alpha value is -1.91. The normalized spacial score (nSPS) is 22.6. The molecular formula is C11H12N2O3. The second-order valence-corrected chi connectivity index (χ2v) is 4.18. The monoisotopic (exact) mass is 220 g/mol. The minimum Gasteiger partial charge on any atom is -0.504 e. The van der Waals surface area contributed by atoms with E-state index in [1.807, 2.05) is 0 Å². The largest absolute Gasteiger partial charge is 0.504 e. The first-order valence-corrected chi connectivity index (χ1v) is 5.26. The number of carbonyl (C=O) groups excluding carboxylic acids is 1. The van der Waals surface area contributed by atoms with Gasteiger partial charge in [-0.3, -0.25) is 0 Å². The molecule has 1 unspecified atom stereocenters. The Balaban J connectivity index is 2.09. The molecule has 0 aliphatic carbocycles. The number of aromatic hydroxyl groups is 2. The molecule has 2 heterocycles. The van der Waals surface area contributed by atoms with Gasteiger partial charge in [0.05, 0.1) is 6.04 Å². The van der Waals surface area contributed by atoms with Crippen molar-refractivity contribution in [3.05, 3.63) is 23.3 Å². The Kier molecular flexibility index (Phi) is 1.77. The summed E-state index contributed by atoms with van der Waals surface area (Å²) in [6.45, 7) is 1.23. The Morgan fingerprint density at radius 1 is 1.31 bits per heavy atom. The predicted octanol–water partition coefficient (Wildman–Crippen LogP) is 0.720. The van der Waals surface area contributed by atoms with Crippen LogP contribution in [-0.2, 0) is 6.42 Å². The summed E-state index contributed by atoms with van der Waals surface area (Å²) >= 11 is 0. The molecule has 2 aliphatic rings. The average Bonchev–Trinajstić information content (AvgIpc) is 2.63. The van der Waals surface area contributed by atoms with Crippen LogP contribution in [0.25, 0.3) is 0 Å². The van der Waals surface area contributed by atoms with Crippen molar-refractivity contribution in [3.63, 3.8) is 0 Å². The quantitative estimate of drug-likeness (QED) is 0.564. The molecule has 0 radical (unpaired) electrons. The molecule has 16 heavy (non-hydrogen) atoms. The van der Waals surface area contributed by atoms with Crippen LogP contribution >= 0.6 is 0 Å². The van der Waals surface area contributed by atoms with E-state index in [2.05, 4.69) is 5.32 Å². The highest BCUT2D eigenvalue weighted by atomic mass is 16.3. The zero-order valence-electron chi connectivity index (χ0n) is 8.60. The number of nitrogens with one attached hydrogen (secondary N) is 1. The third kappa shape index (κ3) is 1.14. The van der Waals surface area contributed by atoms with E-state index in [4.69, 9.17) is 0 Å². The molecule has 1 aromatic carbocycles. The minimum atomic E-state index is -0.125. The zero-order valence-corrected chi connectivity index (χ0v) is 8.60. The van der Waals surface area contributed by atoms with E-state index < -0.39 is 0 Å². The molecule has 0 saturated carbocycles. The molecule has 2 aliphatic heterocycles. The number of phenolic OH excluding ortho intramolecular Hbond substituents is 2. The van der Waals surface area contributed by atoms with Gasteiger partial charge in [0.15, 0.2) is 11.5 Å². The van der Waals surface area contributed by atoms with E-state index in [1.165, 1.54) is 0 Å². The smallest absolute Gasteiger partial charge is 0.318 e. The summed E-state index contributed by atoms with van der Waals surface area (Å²) in [7, 11) is 0. The average molecular weight is 220 g/mol. The Morgan fingerprint density at radius 2 is 2.06 bits per heavy atom. The van der Waals surface area contributed by atoms with E-state index in [0.717, 1.165) is 11.1 Å². The molecule has 1 fully saturated rings. The maximum Gasteiger partial charge on any atom is 0.318 e. The third-order valence-electron chi connectivity index (χ3n) is 3.30. The van der Waals surface area contributed by atoms with Crippen molar-refractivity contribution in [2.75, 3.05) is 13.1 Å². The number of benzene rings is 1. The highest BCUT2D eigenvalue weighted by Crippen LogP contribution is 2.38. The number of phenols is 2. The van der Waals surface area contributed by atoms with Gasteiger partial charge in [-0.05, 0) is 29.7 Å². The molecule has 1 saturated heterocycles. The Labute approximate surface area is 92.3 Å². The van der Waals surface area contributed by atoms with E-state index in [1.54, 1.807) is 17.0 Å². The van der Waals surface area contributed by atoms with Crippen molar-refractivity contribution >= 4 is 6.03 Å². The van der Waals surface area contributed by atoms with Gasteiger partial charge >= 0.3 is 6.03 Å². The standard InChI is InChI=1S/C11H12N2O3/c14-9-3-6-1-2-13-8(5-12-11(13)16)7(6)4-10(9)15/h3-4,8,14-15H,1-2,5H2,(H,12,16). The van der Waals surface area contributed by atoms with Gasteiger partial charge in [-0.25, -0.2) is 4.79 Å². The highest BCUT2D eigenvalue weighted by molar-refractivity contribution is 5.78. The first-order chi connectivity index (χ1) is 7.66. The van der Waals surface area contributed by atoms with E-state index in [0.29, 0.717) is 19.5 Å². The molecule has 0 bridgehead atoms. The first kappa shape index (κ1) is 9.33. The third-order valence-corrected chi connectivity index (χ3v) is 3.30. The highest BCUT2D eigenvalue weighted by Gasteiger charge is 2.36. The van der Waals surface area contributed by atoms with Crippen LogP contribution in [0.3, 0.4) is 0 Å². The van der Waals surface area contributed by atoms with Crippen LogP contribution in [-0.4, -0.2) is 34.2 Å². The number of fused-ring (bicyclic) bond motifs is 3. The predicted molar refractivity (Wildman–Crippen MR) is 56.3 cm³/mol. The molecule has 0 aromatic heterocycles. The number of carbonyl (C=O) groups is 1. The molecule has 1 aromatic rings. The van der Waals surface area contributed by atoms with Crippen LogP contribution in [0.2, 0.25) is 0 Å². The Bertz CT molecular complexity index is 473. The summed E-state index contributed by atoms with van der Waals surface area (Å²) in [5.41, 5.74) is 1.94. The maximum absolute atomic E-state index is 11.5. The number of hydrogen-bond acceptors (Lipinski definition) is 3. The van der Waals surface area contributed by atoms with Gasteiger partial charge < -0.3 is 20.4 Å². The summed E-state index contributed by atoms with van der Waals surface area (Å²) < 4.78 is 0. The summed E-state index contributed by atoms with van der Waals surface area (Å²) in [6, 6.07) is 3.08. The lowest BCUT2D eigenvalue weighted by Gasteiger charge is -2.30. The molecule has 2 amide bonds. The lowest BCUT2D eigenvalue weighted by molar-refractivity contribution is 0.200.